The highest BCUT2D eigenvalue weighted by molar-refractivity contribution is 5.78. The molecule has 1 aliphatic rings. The zero-order valence-corrected chi connectivity index (χ0v) is 8.41. The van der Waals surface area contributed by atoms with E-state index in [0.717, 1.165) is 0 Å². The van der Waals surface area contributed by atoms with E-state index in [-0.39, 0.29) is 6.10 Å². The highest BCUT2D eigenvalue weighted by Gasteiger charge is 2.44. The van der Waals surface area contributed by atoms with Gasteiger partial charge in [0.1, 0.15) is 5.54 Å². The van der Waals surface area contributed by atoms with Crippen molar-refractivity contribution in [3.05, 3.63) is 0 Å². The molecule has 76 valence electrons. The summed E-state index contributed by atoms with van der Waals surface area (Å²) in [5.41, 5.74) is -0.725. The summed E-state index contributed by atoms with van der Waals surface area (Å²) in [5.74, 6) is -0.743. The van der Waals surface area contributed by atoms with Crippen molar-refractivity contribution in [1.82, 2.24) is 4.90 Å². The monoisotopic (exact) mass is 187 g/mol. The van der Waals surface area contributed by atoms with Gasteiger partial charge in [0.25, 0.3) is 0 Å². The first-order valence-corrected chi connectivity index (χ1v) is 4.51. The van der Waals surface area contributed by atoms with Gasteiger partial charge in [-0.05, 0) is 27.4 Å². The Kier molecular flexibility index (Phi) is 2.93. The van der Waals surface area contributed by atoms with Crippen LogP contribution in [0.4, 0.5) is 0 Å². The highest BCUT2D eigenvalue weighted by Crippen LogP contribution is 2.29. The van der Waals surface area contributed by atoms with Crippen molar-refractivity contribution >= 4 is 5.97 Å². The predicted octanol–water partition coefficient (Wildman–Crippen LogP) is 0.570. The fraction of sp³-hybridized carbons (Fsp3) is 0.889. The predicted molar refractivity (Wildman–Crippen MR) is 48.7 cm³/mol. The lowest BCUT2D eigenvalue weighted by atomic mass is 9.86. The van der Waals surface area contributed by atoms with Crippen molar-refractivity contribution in [2.45, 2.75) is 31.4 Å². The Labute approximate surface area is 78.5 Å². The lowest BCUT2D eigenvalue weighted by molar-refractivity contribution is -0.159. The van der Waals surface area contributed by atoms with Crippen molar-refractivity contribution < 1.29 is 14.6 Å². The van der Waals surface area contributed by atoms with Crippen LogP contribution in [-0.2, 0) is 9.53 Å². The number of carbonyl (C=O) groups is 1. The summed E-state index contributed by atoms with van der Waals surface area (Å²) in [6.45, 7) is 2.45. The van der Waals surface area contributed by atoms with Gasteiger partial charge < -0.3 is 9.84 Å². The van der Waals surface area contributed by atoms with Crippen molar-refractivity contribution in [2.75, 3.05) is 20.7 Å². The molecule has 2 unspecified atom stereocenters. The van der Waals surface area contributed by atoms with Gasteiger partial charge in [-0.15, -0.1) is 0 Å². The van der Waals surface area contributed by atoms with E-state index in [4.69, 9.17) is 4.74 Å². The number of aliphatic carboxylic acids is 1. The molecule has 1 saturated heterocycles. The van der Waals surface area contributed by atoms with Crippen LogP contribution < -0.4 is 0 Å². The van der Waals surface area contributed by atoms with Crippen LogP contribution in [0.2, 0.25) is 0 Å². The maximum Gasteiger partial charge on any atom is 0.324 e. The van der Waals surface area contributed by atoms with E-state index < -0.39 is 11.5 Å². The zero-order valence-electron chi connectivity index (χ0n) is 8.41. The third-order valence-electron chi connectivity index (χ3n) is 2.80. The first kappa shape index (κ1) is 10.5. The Bertz CT molecular complexity index is 205. The van der Waals surface area contributed by atoms with E-state index in [9.17, 15) is 9.90 Å². The molecule has 4 nitrogen and oxygen atoms in total. The molecule has 0 amide bonds. The molecule has 1 heterocycles. The van der Waals surface area contributed by atoms with Crippen LogP contribution in [0.15, 0.2) is 0 Å². The minimum Gasteiger partial charge on any atom is -0.480 e. The first-order chi connectivity index (χ1) is 5.99. The Morgan fingerprint density at radius 1 is 1.62 bits per heavy atom. The van der Waals surface area contributed by atoms with Gasteiger partial charge in [0.05, 0.1) is 6.10 Å². The SMILES string of the molecule is CC1CC(C(=O)O)(N(C)C)CCO1. The van der Waals surface area contributed by atoms with E-state index >= 15 is 0 Å². The molecule has 1 fully saturated rings. The summed E-state index contributed by atoms with van der Waals surface area (Å²) in [6, 6.07) is 0. The van der Waals surface area contributed by atoms with Gasteiger partial charge in [0.15, 0.2) is 0 Å². The van der Waals surface area contributed by atoms with Gasteiger partial charge in [-0.2, -0.15) is 0 Å². The molecule has 2 atom stereocenters. The molecule has 1 aliphatic heterocycles. The Balaban J connectivity index is 2.83. The van der Waals surface area contributed by atoms with Gasteiger partial charge in [-0.1, -0.05) is 0 Å². The number of likely N-dealkylation sites (N-methyl/N-ethyl adjacent to an activating group) is 1. The molecule has 1 rings (SSSR count). The van der Waals surface area contributed by atoms with E-state index in [1.54, 1.807) is 4.90 Å². The van der Waals surface area contributed by atoms with Crippen LogP contribution in [0.1, 0.15) is 19.8 Å². The molecule has 0 aromatic rings. The topological polar surface area (TPSA) is 49.8 Å². The van der Waals surface area contributed by atoms with E-state index in [1.165, 1.54) is 0 Å². The number of hydrogen-bond acceptors (Lipinski definition) is 3. The smallest absolute Gasteiger partial charge is 0.324 e. The largest absolute Gasteiger partial charge is 0.480 e. The summed E-state index contributed by atoms with van der Waals surface area (Å²) in [5, 5.41) is 9.18. The lowest BCUT2D eigenvalue weighted by Crippen LogP contribution is -2.56. The van der Waals surface area contributed by atoms with E-state index in [1.807, 2.05) is 21.0 Å². The second-order valence-electron chi connectivity index (χ2n) is 3.87. The number of nitrogens with zero attached hydrogens (tertiary/aromatic N) is 1. The summed E-state index contributed by atoms with van der Waals surface area (Å²) in [4.78, 5) is 13.0. The molecule has 0 aromatic carbocycles. The van der Waals surface area contributed by atoms with Crippen molar-refractivity contribution in [3.8, 4) is 0 Å². The van der Waals surface area contributed by atoms with Crippen molar-refractivity contribution in [1.29, 1.82) is 0 Å². The first-order valence-electron chi connectivity index (χ1n) is 4.51. The van der Waals surface area contributed by atoms with E-state index in [2.05, 4.69) is 0 Å². The van der Waals surface area contributed by atoms with Gasteiger partial charge in [-0.25, -0.2) is 0 Å². The third-order valence-corrected chi connectivity index (χ3v) is 2.80. The summed E-state index contributed by atoms with van der Waals surface area (Å²) in [6.07, 6.45) is 1.17. The van der Waals surface area contributed by atoms with Crippen LogP contribution in [0.5, 0.6) is 0 Å². The molecular weight excluding hydrogens is 170 g/mol. The van der Waals surface area contributed by atoms with Crippen LogP contribution in [0.3, 0.4) is 0 Å². The maximum absolute atomic E-state index is 11.2. The molecule has 13 heavy (non-hydrogen) atoms. The summed E-state index contributed by atoms with van der Waals surface area (Å²) >= 11 is 0. The van der Waals surface area contributed by atoms with Crippen LogP contribution in [0.25, 0.3) is 0 Å². The van der Waals surface area contributed by atoms with Crippen molar-refractivity contribution in [2.24, 2.45) is 0 Å². The lowest BCUT2D eigenvalue weighted by Gasteiger charge is -2.41. The maximum atomic E-state index is 11.2. The Morgan fingerprint density at radius 3 is 2.54 bits per heavy atom. The quantitative estimate of drug-likeness (QED) is 0.686. The fourth-order valence-corrected chi connectivity index (χ4v) is 1.86. The van der Waals surface area contributed by atoms with Gasteiger partial charge in [-0.3, -0.25) is 9.69 Å². The molecule has 1 N–H and O–H groups in total. The second kappa shape index (κ2) is 3.64. The number of rotatable bonds is 2. The number of carboxylic acid groups (broad SMARTS) is 1. The van der Waals surface area contributed by atoms with Crippen molar-refractivity contribution in [3.63, 3.8) is 0 Å². The minimum absolute atomic E-state index is 0.0345. The summed E-state index contributed by atoms with van der Waals surface area (Å²) in [7, 11) is 3.62. The van der Waals surface area contributed by atoms with Crippen LogP contribution in [0, 0.1) is 0 Å². The molecule has 0 saturated carbocycles. The normalized spacial score (nSPS) is 34.9. The minimum atomic E-state index is -0.743. The van der Waals surface area contributed by atoms with E-state index in [0.29, 0.717) is 19.4 Å². The van der Waals surface area contributed by atoms with Crippen LogP contribution >= 0.6 is 0 Å². The van der Waals surface area contributed by atoms with Gasteiger partial charge in [0.2, 0.25) is 0 Å². The van der Waals surface area contributed by atoms with Gasteiger partial charge >= 0.3 is 5.97 Å². The fourth-order valence-electron chi connectivity index (χ4n) is 1.86. The standard InChI is InChI=1S/C9H17NO3/c1-7-6-9(8(11)12,10(2)3)4-5-13-7/h7H,4-6H2,1-3H3,(H,11,12). The molecule has 4 heteroatoms. The Morgan fingerprint density at radius 2 is 2.23 bits per heavy atom. The summed E-state index contributed by atoms with van der Waals surface area (Å²) < 4.78 is 5.34. The molecular formula is C9H17NO3. The third kappa shape index (κ3) is 1.84. The number of carboxylic acids is 1. The zero-order chi connectivity index (χ0) is 10.1. The molecule has 0 aromatic heterocycles. The molecule has 0 radical (unpaired) electrons. The van der Waals surface area contributed by atoms with Crippen LogP contribution in [-0.4, -0.2) is 48.3 Å². The average Bonchev–Trinajstić information content (AvgIpc) is 2.03. The molecule has 0 spiro atoms. The molecule has 0 bridgehead atoms. The van der Waals surface area contributed by atoms with Gasteiger partial charge in [0, 0.05) is 13.0 Å². The number of ether oxygens (including phenoxy) is 1. The Hall–Kier alpha value is -0.610. The highest BCUT2D eigenvalue weighted by atomic mass is 16.5. The number of hydrogen-bond donors (Lipinski definition) is 1. The second-order valence-corrected chi connectivity index (χ2v) is 3.87. The average molecular weight is 187 g/mol. The molecule has 0 aliphatic carbocycles.